The molecule has 29 heavy (non-hydrogen) atoms. The van der Waals surface area contributed by atoms with Gasteiger partial charge in [0.15, 0.2) is 0 Å². The van der Waals surface area contributed by atoms with Crippen molar-refractivity contribution in [2.75, 3.05) is 30.1 Å². The highest BCUT2D eigenvalue weighted by atomic mass is 32.3. The van der Waals surface area contributed by atoms with E-state index in [0.717, 1.165) is 18.4 Å². The van der Waals surface area contributed by atoms with Crippen LogP contribution in [0.4, 0.5) is 11.4 Å². The first kappa shape index (κ1) is 21.9. The molecule has 1 heterocycles. The highest BCUT2D eigenvalue weighted by Crippen LogP contribution is 2.48. The van der Waals surface area contributed by atoms with E-state index in [-0.39, 0.29) is 35.0 Å². The number of anilines is 1. The number of rotatable bonds is 8. The van der Waals surface area contributed by atoms with E-state index in [1.807, 2.05) is 17.9 Å². The molecule has 1 aromatic rings. The molecule has 162 valence electrons. The van der Waals surface area contributed by atoms with E-state index >= 15 is 0 Å². The molecule has 8 nitrogen and oxygen atoms in total. The van der Waals surface area contributed by atoms with Crippen LogP contribution in [0.2, 0.25) is 0 Å². The molecule has 2 aliphatic rings. The number of hydrogen-bond donors (Lipinski definition) is 2. The number of nitrogens with zero attached hydrogens (tertiary/aromatic N) is 2. The molecule has 1 aromatic carbocycles. The van der Waals surface area contributed by atoms with Crippen molar-refractivity contribution in [3.8, 4) is 0 Å². The van der Waals surface area contributed by atoms with Crippen LogP contribution in [0.1, 0.15) is 50.5 Å². The van der Waals surface area contributed by atoms with Gasteiger partial charge in [-0.05, 0) is 56.1 Å². The third kappa shape index (κ3) is 5.21. The van der Waals surface area contributed by atoms with E-state index in [1.54, 1.807) is 12.1 Å². The number of nitro groups is 1. The molecule has 2 N–H and O–H groups in total. The van der Waals surface area contributed by atoms with Crippen LogP contribution in [-0.2, 0) is 9.53 Å². The van der Waals surface area contributed by atoms with Gasteiger partial charge in [-0.2, -0.15) is 10.6 Å². The van der Waals surface area contributed by atoms with Gasteiger partial charge >= 0.3 is 5.97 Å². The quantitative estimate of drug-likeness (QED) is 0.360. The maximum atomic E-state index is 11.9. The average molecular weight is 427 g/mol. The predicted octanol–water partition coefficient (Wildman–Crippen LogP) is 4.39. The minimum atomic E-state index is -2.51. The summed E-state index contributed by atoms with van der Waals surface area (Å²) in [7, 11) is -1.15. The minimum Gasteiger partial charge on any atom is -0.469 e. The number of nitro benzene ring substituents is 1. The Bertz CT molecular complexity index is 757. The third-order valence-corrected chi connectivity index (χ3v) is 7.86. The van der Waals surface area contributed by atoms with Crippen LogP contribution in [0, 0.1) is 16.0 Å². The first-order valence-corrected chi connectivity index (χ1v) is 12.0. The average Bonchev–Trinajstić information content (AvgIpc) is 3.52. The zero-order valence-electron chi connectivity index (χ0n) is 17.0. The van der Waals surface area contributed by atoms with Crippen LogP contribution >= 0.6 is 10.6 Å². The van der Waals surface area contributed by atoms with Gasteiger partial charge in [-0.25, -0.2) is 0 Å². The Balaban J connectivity index is 1.89. The third-order valence-electron chi connectivity index (χ3n) is 6.08. The van der Waals surface area contributed by atoms with Crippen molar-refractivity contribution < 1.29 is 23.6 Å². The Labute approximate surface area is 172 Å². The number of carbonyl (C=O) groups is 1. The van der Waals surface area contributed by atoms with Crippen LogP contribution in [0.15, 0.2) is 18.2 Å². The smallest absolute Gasteiger partial charge is 0.306 e. The molecule has 1 unspecified atom stereocenters. The second-order valence-corrected chi connectivity index (χ2v) is 10.4. The van der Waals surface area contributed by atoms with Crippen LogP contribution in [0.5, 0.6) is 0 Å². The van der Waals surface area contributed by atoms with Crippen LogP contribution in [0.3, 0.4) is 0 Å². The van der Waals surface area contributed by atoms with Crippen molar-refractivity contribution in [1.82, 2.24) is 0 Å². The van der Waals surface area contributed by atoms with Gasteiger partial charge in [0.05, 0.1) is 18.5 Å². The maximum absolute atomic E-state index is 11.9. The van der Waals surface area contributed by atoms with Crippen LogP contribution < -0.4 is 4.90 Å². The van der Waals surface area contributed by atoms with E-state index in [2.05, 4.69) is 0 Å². The number of hydrogen-bond acceptors (Lipinski definition) is 7. The van der Waals surface area contributed by atoms with Gasteiger partial charge in [-0.15, -0.1) is 0 Å². The van der Waals surface area contributed by atoms with E-state index in [4.69, 9.17) is 4.74 Å². The van der Waals surface area contributed by atoms with Gasteiger partial charge < -0.3 is 9.64 Å². The summed E-state index contributed by atoms with van der Waals surface area (Å²) in [5, 5.41) is 11.9. The molecule has 0 aromatic heterocycles. The molecule has 0 radical (unpaired) electrons. The van der Waals surface area contributed by atoms with Gasteiger partial charge in [0.1, 0.15) is 5.69 Å². The molecule has 2 fully saturated rings. The van der Waals surface area contributed by atoms with Crippen molar-refractivity contribution in [2.24, 2.45) is 5.92 Å². The Morgan fingerprint density at radius 1 is 1.31 bits per heavy atom. The largest absolute Gasteiger partial charge is 0.469 e. The first-order valence-electron chi connectivity index (χ1n) is 10.1. The number of benzene rings is 1. The summed E-state index contributed by atoms with van der Waals surface area (Å²) < 4.78 is 24.6. The lowest BCUT2D eigenvalue weighted by Gasteiger charge is -2.43. The molecule has 0 bridgehead atoms. The summed E-state index contributed by atoms with van der Waals surface area (Å²) in [5.74, 6) is 0.676. The Morgan fingerprint density at radius 3 is 2.48 bits per heavy atom. The fourth-order valence-corrected chi connectivity index (χ4v) is 5.81. The second kappa shape index (κ2) is 8.89. The lowest BCUT2D eigenvalue weighted by atomic mass is 9.90. The lowest BCUT2D eigenvalue weighted by Crippen LogP contribution is -2.40. The Kier molecular flexibility index (Phi) is 6.70. The number of carbonyl (C=O) groups excluding carboxylic acids is 1. The SMILES string of the molecule is CCN(c1ccc(C(CC(=O)OC)C2CC2)cc1[N+](=O)[O-])C1CCS(O)(O)CC1. The molecule has 0 spiro atoms. The van der Waals surface area contributed by atoms with Gasteiger partial charge in [0.2, 0.25) is 0 Å². The van der Waals surface area contributed by atoms with Crippen molar-refractivity contribution in [3.63, 3.8) is 0 Å². The molecule has 1 atom stereocenters. The molecule has 0 amide bonds. The monoisotopic (exact) mass is 426 g/mol. The molecule has 1 saturated heterocycles. The van der Waals surface area contributed by atoms with Crippen molar-refractivity contribution in [1.29, 1.82) is 0 Å². The van der Waals surface area contributed by atoms with Crippen molar-refractivity contribution in [3.05, 3.63) is 33.9 Å². The Morgan fingerprint density at radius 2 is 1.97 bits per heavy atom. The van der Waals surface area contributed by atoms with Crippen LogP contribution in [0.25, 0.3) is 0 Å². The molecule has 1 aliphatic carbocycles. The summed E-state index contributed by atoms with van der Waals surface area (Å²) in [6.07, 6.45) is 3.47. The van der Waals surface area contributed by atoms with Gasteiger partial charge in [0, 0.05) is 30.2 Å². The van der Waals surface area contributed by atoms with Gasteiger partial charge in [-0.1, -0.05) is 6.07 Å². The zero-order valence-corrected chi connectivity index (χ0v) is 17.8. The van der Waals surface area contributed by atoms with E-state index in [0.29, 0.717) is 42.5 Å². The highest BCUT2D eigenvalue weighted by molar-refractivity contribution is 8.24. The zero-order chi connectivity index (χ0) is 21.2. The van der Waals surface area contributed by atoms with Crippen molar-refractivity contribution >= 4 is 27.9 Å². The molecule has 1 saturated carbocycles. The summed E-state index contributed by atoms with van der Waals surface area (Å²) in [5.41, 5.74) is 1.40. The van der Waals surface area contributed by atoms with Crippen LogP contribution in [-0.4, -0.2) is 51.2 Å². The van der Waals surface area contributed by atoms with E-state index in [1.165, 1.54) is 7.11 Å². The fraction of sp³-hybridized carbons (Fsp3) is 0.650. The van der Waals surface area contributed by atoms with Gasteiger partial charge in [-0.3, -0.25) is 24.0 Å². The Hall–Kier alpha value is -1.84. The standard InChI is InChI=1S/C20H30N2O6S/c1-3-21(16-8-10-29(26,27)11-9-16)18-7-6-15(12-19(18)22(24)25)17(14-4-5-14)13-20(23)28-2/h6-7,12,14,16-17,26-27H,3-5,8-11,13H2,1-2H3. The number of esters is 1. The number of ether oxygens (including phenoxy) is 1. The predicted molar refractivity (Wildman–Crippen MR) is 114 cm³/mol. The molecule has 3 rings (SSSR count). The maximum Gasteiger partial charge on any atom is 0.306 e. The minimum absolute atomic E-state index is 0.0389. The fourth-order valence-electron chi connectivity index (χ4n) is 4.31. The summed E-state index contributed by atoms with van der Waals surface area (Å²) in [6, 6.07) is 5.34. The second-order valence-electron chi connectivity index (χ2n) is 7.96. The molecule has 9 heteroatoms. The summed E-state index contributed by atoms with van der Waals surface area (Å²) >= 11 is 0. The van der Waals surface area contributed by atoms with E-state index in [9.17, 15) is 24.0 Å². The summed E-state index contributed by atoms with van der Waals surface area (Å²) in [6.45, 7) is 2.55. The number of methoxy groups -OCH3 is 1. The topological polar surface area (TPSA) is 113 Å². The highest BCUT2D eigenvalue weighted by Gasteiger charge is 2.36. The lowest BCUT2D eigenvalue weighted by molar-refractivity contribution is -0.384. The van der Waals surface area contributed by atoms with Crippen molar-refractivity contribution in [2.45, 2.75) is 51.0 Å². The molecular formula is C20H30N2O6S. The summed E-state index contributed by atoms with van der Waals surface area (Å²) in [4.78, 5) is 25.3. The normalized spacial score (nSPS) is 21.2. The first-order chi connectivity index (χ1) is 13.8. The van der Waals surface area contributed by atoms with Gasteiger partial charge in [0.25, 0.3) is 5.69 Å². The molecule has 1 aliphatic heterocycles. The molecular weight excluding hydrogens is 396 g/mol. The van der Waals surface area contributed by atoms with E-state index < -0.39 is 10.6 Å².